The molecule has 0 saturated heterocycles. The zero-order valence-corrected chi connectivity index (χ0v) is 14.4. The zero-order chi connectivity index (χ0) is 19.0. The molecule has 0 saturated carbocycles. The molecule has 1 rings (SSSR count). The van der Waals surface area contributed by atoms with Crippen LogP contribution in [0.15, 0.2) is 23.9 Å². The monoisotopic (exact) mass is 355 g/mol. The highest BCUT2D eigenvalue weighted by molar-refractivity contribution is 6.01. The van der Waals surface area contributed by atoms with E-state index in [1.165, 1.54) is 0 Å². The highest BCUT2D eigenvalue weighted by Gasteiger charge is 2.49. The van der Waals surface area contributed by atoms with Crippen LogP contribution in [0.2, 0.25) is 0 Å². The number of methoxy groups -OCH3 is 4. The second-order valence-electron chi connectivity index (χ2n) is 5.02. The zero-order valence-electron chi connectivity index (χ0n) is 14.4. The lowest BCUT2D eigenvalue weighted by Crippen LogP contribution is -2.44. The summed E-state index contributed by atoms with van der Waals surface area (Å²) in [4.78, 5) is 48.9. The maximum Gasteiger partial charge on any atom is 0.320 e. The molecule has 0 fully saturated rings. The quantitative estimate of drug-likeness (QED) is 0.369. The van der Waals surface area contributed by atoms with Crippen molar-refractivity contribution in [3.05, 3.63) is 23.9 Å². The first-order valence-electron chi connectivity index (χ1n) is 7.34. The van der Waals surface area contributed by atoms with Gasteiger partial charge in [0.25, 0.3) is 0 Å². The maximum absolute atomic E-state index is 12.2. The molecule has 0 aliphatic carbocycles. The number of esters is 4. The van der Waals surface area contributed by atoms with Gasteiger partial charge in [0, 0.05) is 12.5 Å². The Morgan fingerprint density at radius 1 is 0.840 bits per heavy atom. The lowest BCUT2D eigenvalue weighted by Gasteiger charge is -2.29. The van der Waals surface area contributed by atoms with Crippen molar-refractivity contribution in [3.8, 4) is 0 Å². The number of nitrogens with one attached hydrogen (secondary N) is 1. The minimum atomic E-state index is -1.55. The van der Waals surface area contributed by atoms with E-state index in [9.17, 15) is 19.2 Å². The predicted octanol–water partition coefficient (Wildman–Crippen LogP) is -0.430. The highest BCUT2D eigenvalue weighted by atomic mass is 16.6. The van der Waals surface area contributed by atoms with Crippen LogP contribution in [0.3, 0.4) is 0 Å². The van der Waals surface area contributed by atoms with E-state index in [4.69, 9.17) is 0 Å². The van der Waals surface area contributed by atoms with Gasteiger partial charge in [-0.1, -0.05) is 6.08 Å². The molecule has 0 unspecified atom stereocenters. The maximum atomic E-state index is 12.2. The Morgan fingerprint density at radius 2 is 1.24 bits per heavy atom. The number of hydrogen-bond donors (Lipinski definition) is 1. The van der Waals surface area contributed by atoms with Gasteiger partial charge in [-0.3, -0.25) is 19.2 Å². The standard InChI is InChI=1S/C16H21NO8/c1-22-13(18)11(14(19)23-2)10(9-5-7-17-8-6-9)12(15(20)24-3)16(21)25-4/h5-7,10-12,17H,8H2,1-4H3. The lowest BCUT2D eigenvalue weighted by atomic mass is 9.75. The molecule has 1 aliphatic heterocycles. The van der Waals surface area contributed by atoms with Crippen molar-refractivity contribution in [2.24, 2.45) is 17.8 Å². The van der Waals surface area contributed by atoms with Gasteiger partial charge < -0.3 is 24.3 Å². The summed E-state index contributed by atoms with van der Waals surface area (Å²) < 4.78 is 18.7. The van der Waals surface area contributed by atoms with Crippen molar-refractivity contribution in [2.75, 3.05) is 35.0 Å². The fraction of sp³-hybridized carbons (Fsp3) is 0.500. The molecule has 0 aromatic heterocycles. The molecule has 1 heterocycles. The molecule has 0 atom stereocenters. The van der Waals surface area contributed by atoms with Crippen LogP contribution in [0.4, 0.5) is 0 Å². The summed E-state index contributed by atoms with van der Waals surface area (Å²) >= 11 is 0. The largest absolute Gasteiger partial charge is 0.468 e. The molecule has 1 N–H and O–H groups in total. The van der Waals surface area contributed by atoms with Crippen molar-refractivity contribution < 1.29 is 38.1 Å². The summed E-state index contributed by atoms with van der Waals surface area (Å²) in [5.74, 6) is -8.08. The minimum Gasteiger partial charge on any atom is -0.468 e. The van der Waals surface area contributed by atoms with E-state index in [0.717, 1.165) is 28.4 Å². The van der Waals surface area contributed by atoms with Gasteiger partial charge in [0.15, 0.2) is 11.8 Å². The van der Waals surface area contributed by atoms with Crippen LogP contribution in [-0.4, -0.2) is 58.9 Å². The van der Waals surface area contributed by atoms with Crippen LogP contribution in [0.1, 0.15) is 0 Å². The van der Waals surface area contributed by atoms with Crippen LogP contribution in [0, 0.1) is 17.8 Å². The van der Waals surface area contributed by atoms with Gasteiger partial charge in [-0.05, 0) is 17.8 Å². The molecule has 1 aliphatic rings. The Labute approximate surface area is 144 Å². The smallest absolute Gasteiger partial charge is 0.320 e. The van der Waals surface area contributed by atoms with Crippen LogP contribution >= 0.6 is 0 Å². The third-order valence-corrected chi connectivity index (χ3v) is 3.77. The Balaban J connectivity index is 3.53. The fourth-order valence-corrected chi connectivity index (χ4v) is 2.58. The molecule has 138 valence electrons. The number of ether oxygens (including phenoxy) is 4. The van der Waals surface area contributed by atoms with Crippen molar-refractivity contribution in [1.82, 2.24) is 5.32 Å². The first-order chi connectivity index (χ1) is 11.9. The molecule has 0 bridgehead atoms. The van der Waals surface area contributed by atoms with E-state index in [2.05, 4.69) is 24.3 Å². The van der Waals surface area contributed by atoms with E-state index < -0.39 is 41.6 Å². The predicted molar refractivity (Wildman–Crippen MR) is 83.8 cm³/mol. The molecule has 0 spiro atoms. The lowest BCUT2D eigenvalue weighted by molar-refractivity contribution is -0.167. The van der Waals surface area contributed by atoms with E-state index in [0.29, 0.717) is 12.1 Å². The fourth-order valence-electron chi connectivity index (χ4n) is 2.58. The second kappa shape index (κ2) is 9.45. The van der Waals surface area contributed by atoms with Crippen LogP contribution in [0.5, 0.6) is 0 Å². The number of carbonyl (C=O) groups excluding carboxylic acids is 4. The van der Waals surface area contributed by atoms with Gasteiger partial charge in [-0.2, -0.15) is 0 Å². The molecule has 0 radical (unpaired) electrons. The third kappa shape index (κ3) is 4.59. The normalized spacial score (nSPS) is 13.2. The number of hydrogen-bond acceptors (Lipinski definition) is 9. The SMILES string of the molecule is COC(=O)C(C(=O)OC)C(C1=CCNC=C1)C(C(=O)OC)C(=O)OC. The Morgan fingerprint density at radius 3 is 1.52 bits per heavy atom. The van der Waals surface area contributed by atoms with Gasteiger partial charge in [0.05, 0.1) is 28.4 Å². The minimum absolute atomic E-state index is 0.381. The summed E-state index contributed by atoms with van der Waals surface area (Å²) in [6, 6.07) is 0. The van der Waals surface area contributed by atoms with Crippen molar-refractivity contribution in [1.29, 1.82) is 0 Å². The summed E-state index contributed by atoms with van der Waals surface area (Å²) in [5, 5.41) is 2.90. The summed E-state index contributed by atoms with van der Waals surface area (Å²) in [6.45, 7) is 0.381. The first kappa shape index (κ1) is 20.2. The molecular weight excluding hydrogens is 334 g/mol. The highest BCUT2D eigenvalue weighted by Crippen LogP contribution is 2.34. The van der Waals surface area contributed by atoms with Gasteiger partial charge in [0.2, 0.25) is 0 Å². The van der Waals surface area contributed by atoms with E-state index in [1.807, 2.05) is 0 Å². The molecule has 9 nitrogen and oxygen atoms in total. The number of dihydropyridines is 1. The molecule has 9 heteroatoms. The topological polar surface area (TPSA) is 117 Å². The van der Waals surface area contributed by atoms with Crippen molar-refractivity contribution in [3.63, 3.8) is 0 Å². The van der Waals surface area contributed by atoms with Gasteiger partial charge >= 0.3 is 23.9 Å². The van der Waals surface area contributed by atoms with Gasteiger partial charge in [-0.25, -0.2) is 0 Å². The molecule has 0 amide bonds. The first-order valence-corrected chi connectivity index (χ1v) is 7.34. The number of rotatable bonds is 7. The summed E-state index contributed by atoms with van der Waals surface area (Å²) in [6.07, 6.45) is 4.76. The van der Waals surface area contributed by atoms with Crippen LogP contribution in [0.25, 0.3) is 0 Å². The van der Waals surface area contributed by atoms with Crippen LogP contribution in [-0.2, 0) is 38.1 Å². The summed E-state index contributed by atoms with van der Waals surface area (Å²) in [7, 11) is 4.36. The van der Waals surface area contributed by atoms with Crippen molar-refractivity contribution >= 4 is 23.9 Å². The van der Waals surface area contributed by atoms with E-state index >= 15 is 0 Å². The molecule has 0 aromatic carbocycles. The third-order valence-electron chi connectivity index (χ3n) is 3.77. The van der Waals surface area contributed by atoms with Crippen LogP contribution < -0.4 is 5.32 Å². The number of allylic oxidation sites excluding steroid dienone is 2. The Bertz CT molecular complexity index is 527. The Hall–Kier alpha value is -2.84. The van der Waals surface area contributed by atoms with Crippen molar-refractivity contribution in [2.45, 2.75) is 0 Å². The summed E-state index contributed by atoms with van der Waals surface area (Å²) in [5.41, 5.74) is 0.403. The second-order valence-corrected chi connectivity index (χ2v) is 5.02. The molecule has 0 aromatic rings. The molecule has 25 heavy (non-hydrogen) atoms. The van der Waals surface area contributed by atoms with Gasteiger partial charge in [0.1, 0.15) is 0 Å². The Kier molecular flexibility index (Phi) is 7.64. The average Bonchev–Trinajstić information content (AvgIpc) is 2.66. The number of carbonyl (C=O) groups is 4. The van der Waals surface area contributed by atoms with Gasteiger partial charge in [-0.15, -0.1) is 0 Å². The van der Waals surface area contributed by atoms with E-state index in [-0.39, 0.29) is 0 Å². The van der Waals surface area contributed by atoms with E-state index in [1.54, 1.807) is 18.4 Å². The average molecular weight is 355 g/mol. The molecular formula is C16H21NO8.